The van der Waals surface area contributed by atoms with E-state index in [-0.39, 0.29) is 12.1 Å². The summed E-state index contributed by atoms with van der Waals surface area (Å²) in [4.78, 5) is 10.4. The number of carbonyl (C=O) groups is 1. The first-order valence-electron chi connectivity index (χ1n) is 4.78. The first kappa shape index (κ1) is 12.7. The van der Waals surface area contributed by atoms with Crippen molar-refractivity contribution in [3.05, 3.63) is 0 Å². The highest BCUT2D eigenvalue weighted by Gasteiger charge is 2.22. The molecule has 2 N–H and O–H groups in total. The largest absolute Gasteiger partial charge is 0.362 e. The molecule has 0 saturated carbocycles. The van der Waals surface area contributed by atoms with E-state index in [1.54, 1.807) is 0 Å². The van der Waals surface area contributed by atoms with Crippen LogP contribution < -0.4 is 10.5 Å². The van der Waals surface area contributed by atoms with E-state index < -0.39 is 0 Å². The summed E-state index contributed by atoms with van der Waals surface area (Å²) in [6, 6.07) is 0.276. The zero-order valence-corrected chi connectivity index (χ0v) is 8.71. The Bertz CT molecular complexity index is 144. The van der Waals surface area contributed by atoms with Crippen molar-refractivity contribution < 1.29 is 4.79 Å². The number of likely N-dealkylation sites (N-methyl/N-ethyl adjacent to an activating group) is 1. The van der Waals surface area contributed by atoms with Crippen LogP contribution in [0.4, 0.5) is 0 Å². The normalized spacial score (nSPS) is 17.8. The number of rotatable bonds is 7. The number of carbonyl (C=O) groups excluding carboxylic acids is 1. The minimum atomic E-state index is 0.123. The predicted octanol–water partition coefficient (Wildman–Crippen LogP) is 0.251. The van der Waals surface area contributed by atoms with Crippen LogP contribution in [0.3, 0.4) is 0 Å². The Kier molecular flexibility index (Phi) is 6.91. The molecule has 0 aromatic heterocycles. The van der Waals surface area contributed by atoms with Crippen LogP contribution in [0, 0.1) is 5.92 Å². The summed E-state index contributed by atoms with van der Waals surface area (Å²) in [7, 11) is 7.30. The van der Waals surface area contributed by atoms with E-state index >= 15 is 0 Å². The zero-order valence-electron chi connectivity index (χ0n) is 8.71. The van der Waals surface area contributed by atoms with Gasteiger partial charge in [0.25, 0.3) is 0 Å². The van der Waals surface area contributed by atoms with Crippen LogP contribution in [-0.2, 0) is 4.79 Å². The maximum absolute atomic E-state index is 10.4. The number of aldehydes is 1. The molecule has 0 aliphatic heterocycles. The molecule has 0 fully saturated rings. The second kappa shape index (κ2) is 7.10. The van der Waals surface area contributed by atoms with Crippen LogP contribution in [0.25, 0.3) is 0 Å². The van der Waals surface area contributed by atoms with Crippen molar-refractivity contribution >= 4 is 14.3 Å². The molecule has 1 unspecified atom stereocenters. The van der Waals surface area contributed by atoms with Crippen molar-refractivity contribution in [3.63, 3.8) is 0 Å². The Balaban J connectivity index is 4.22. The molecule has 13 heavy (non-hydrogen) atoms. The second-order valence-electron chi connectivity index (χ2n) is 3.38. The standard InChI is InChI=1S/C9H19BN2O/c1-4-7(2)9(12-10)8(11-3)5-6-13/h6-9,11-12H,4-5H2,1-3H3/t7-,8-,9?/m0/s1. The first-order chi connectivity index (χ1) is 6.21. The van der Waals surface area contributed by atoms with Crippen molar-refractivity contribution in [1.29, 1.82) is 0 Å². The van der Waals surface area contributed by atoms with Crippen LogP contribution in [0.15, 0.2) is 0 Å². The molecular formula is C9H19BN2O. The molecule has 0 aliphatic rings. The maximum atomic E-state index is 10.4. The molecule has 0 aliphatic carbocycles. The molecule has 4 heteroatoms. The first-order valence-corrected chi connectivity index (χ1v) is 4.78. The lowest BCUT2D eigenvalue weighted by atomic mass is 9.90. The van der Waals surface area contributed by atoms with Crippen LogP contribution in [-0.4, -0.2) is 33.4 Å². The average Bonchev–Trinajstić information content (AvgIpc) is 2.17. The van der Waals surface area contributed by atoms with Gasteiger partial charge in [0, 0.05) is 18.5 Å². The molecule has 0 aromatic carbocycles. The van der Waals surface area contributed by atoms with Crippen molar-refractivity contribution in [3.8, 4) is 0 Å². The molecule has 0 bridgehead atoms. The summed E-state index contributed by atoms with van der Waals surface area (Å²) < 4.78 is 0. The minimum Gasteiger partial charge on any atom is -0.362 e. The van der Waals surface area contributed by atoms with Gasteiger partial charge in [-0.15, -0.1) is 0 Å². The molecule has 0 heterocycles. The third-order valence-electron chi connectivity index (χ3n) is 2.60. The fourth-order valence-corrected chi connectivity index (χ4v) is 1.48. The third kappa shape index (κ3) is 3.92. The van der Waals surface area contributed by atoms with Crippen LogP contribution in [0.2, 0.25) is 0 Å². The molecule has 2 radical (unpaired) electrons. The summed E-state index contributed by atoms with van der Waals surface area (Å²) >= 11 is 0. The van der Waals surface area contributed by atoms with Crippen molar-refractivity contribution in [1.82, 2.24) is 10.5 Å². The summed E-state index contributed by atoms with van der Waals surface area (Å²) in [6.07, 6.45) is 2.47. The van der Waals surface area contributed by atoms with Gasteiger partial charge in [0.05, 0.1) is 0 Å². The average molecular weight is 182 g/mol. The van der Waals surface area contributed by atoms with Crippen molar-refractivity contribution in [2.45, 2.75) is 38.8 Å². The van der Waals surface area contributed by atoms with Gasteiger partial charge < -0.3 is 15.3 Å². The van der Waals surface area contributed by atoms with Crippen molar-refractivity contribution in [2.75, 3.05) is 7.05 Å². The fraction of sp³-hybridized carbons (Fsp3) is 0.889. The van der Waals surface area contributed by atoms with E-state index in [1.807, 2.05) is 7.05 Å². The van der Waals surface area contributed by atoms with E-state index in [0.717, 1.165) is 12.7 Å². The quantitative estimate of drug-likeness (QED) is 0.438. The van der Waals surface area contributed by atoms with Gasteiger partial charge in [0.2, 0.25) is 0 Å². The Morgan fingerprint density at radius 3 is 2.46 bits per heavy atom. The van der Waals surface area contributed by atoms with E-state index in [9.17, 15) is 4.79 Å². The van der Waals surface area contributed by atoms with Gasteiger partial charge in [0.1, 0.15) is 6.29 Å². The van der Waals surface area contributed by atoms with Gasteiger partial charge in [0.15, 0.2) is 7.98 Å². The highest BCUT2D eigenvalue weighted by atomic mass is 16.1. The number of nitrogens with one attached hydrogen (secondary N) is 2. The van der Waals surface area contributed by atoms with Crippen LogP contribution in [0.5, 0.6) is 0 Å². The predicted molar refractivity (Wildman–Crippen MR) is 55.7 cm³/mol. The Labute approximate surface area is 82.1 Å². The topological polar surface area (TPSA) is 41.1 Å². The van der Waals surface area contributed by atoms with Crippen LogP contribution in [0.1, 0.15) is 26.7 Å². The highest BCUT2D eigenvalue weighted by molar-refractivity contribution is 6.04. The van der Waals surface area contributed by atoms with E-state index in [2.05, 4.69) is 24.4 Å². The zero-order chi connectivity index (χ0) is 10.3. The maximum Gasteiger partial charge on any atom is 0.178 e. The SMILES string of the molecule is [B]NC([C@H](CC=O)NC)[C@@H](C)CC. The lowest BCUT2D eigenvalue weighted by molar-refractivity contribution is -0.108. The van der Waals surface area contributed by atoms with Gasteiger partial charge in [-0.2, -0.15) is 0 Å². The monoisotopic (exact) mass is 182 g/mol. The number of hydrogen-bond donors (Lipinski definition) is 2. The lowest BCUT2D eigenvalue weighted by Crippen LogP contribution is -2.49. The molecule has 0 amide bonds. The van der Waals surface area contributed by atoms with Gasteiger partial charge in [-0.05, 0) is 13.0 Å². The van der Waals surface area contributed by atoms with Gasteiger partial charge in [-0.1, -0.05) is 20.3 Å². The number of hydrogen-bond acceptors (Lipinski definition) is 3. The van der Waals surface area contributed by atoms with E-state index in [0.29, 0.717) is 12.3 Å². The minimum absolute atomic E-state index is 0.123. The Morgan fingerprint density at radius 2 is 2.15 bits per heavy atom. The van der Waals surface area contributed by atoms with Gasteiger partial charge in [-0.3, -0.25) is 0 Å². The summed E-state index contributed by atoms with van der Waals surface area (Å²) in [6.45, 7) is 4.24. The summed E-state index contributed by atoms with van der Waals surface area (Å²) in [5.41, 5.74) is 0. The fourth-order valence-electron chi connectivity index (χ4n) is 1.48. The molecule has 0 aromatic rings. The highest BCUT2D eigenvalue weighted by Crippen LogP contribution is 2.12. The van der Waals surface area contributed by atoms with Crippen LogP contribution >= 0.6 is 0 Å². The van der Waals surface area contributed by atoms with Gasteiger partial charge >= 0.3 is 0 Å². The third-order valence-corrected chi connectivity index (χ3v) is 2.60. The van der Waals surface area contributed by atoms with Gasteiger partial charge in [-0.25, -0.2) is 0 Å². The summed E-state index contributed by atoms with van der Waals surface area (Å²) in [5, 5.41) is 5.86. The smallest absolute Gasteiger partial charge is 0.178 e. The molecule has 3 nitrogen and oxygen atoms in total. The molecule has 0 saturated heterocycles. The second-order valence-corrected chi connectivity index (χ2v) is 3.38. The molecule has 74 valence electrons. The molecule has 3 atom stereocenters. The molecule has 0 spiro atoms. The Hall–Kier alpha value is -0.345. The van der Waals surface area contributed by atoms with Crippen molar-refractivity contribution in [2.24, 2.45) is 5.92 Å². The van der Waals surface area contributed by atoms with E-state index in [4.69, 9.17) is 7.98 Å². The molecular weight excluding hydrogens is 163 g/mol. The lowest BCUT2D eigenvalue weighted by Gasteiger charge is -2.30. The Morgan fingerprint density at radius 1 is 1.54 bits per heavy atom. The summed E-state index contributed by atoms with van der Waals surface area (Å²) in [5.74, 6) is 0.461. The van der Waals surface area contributed by atoms with E-state index in [1.165, 1.54) is 0 Å². The molecule has 0 rings (SSSR count).